The van der Waals surface area contributed by atoms with Crippen LogP contribution in [-0.4, -0.2) is 58.9 Å². The predicted molar refractivity (Wildman–Crippen MR) is 127 cm³/mol. The Morgan fingerprint density at radius 3 is 2.41 bits per heavy atom. The standard InChI is InChI=1S/C23H24ClN3O4S/c1-3-31-22(30)16-6-10-18(11-7-16)25-20(28)14-19-21(29)26(2)23(32)27(19)13-12-15-4-8-17(24)9-5-15/h4-11,19H,3,12-14H2,1-2H3,(H,25,28). The molecule has 0 aliphatic carbocycles. The Kier molecular flexibility index (Phi) is 7.82. The molecule has 1 unspecified atom stereocenters. The molecule has 9 heteroatoms. The van der Waals surface area contributed by atoms with Gasteiger partial charge in [-0.1, -0.05) is 23.7 Å². The third kappa shape index (κ3) is 5.63. The van der Waals surface area contributed by atoms with Crippen molar-refractivity contribution in [2.24, 2.45) is 0 Å². The number of hydrogen-bond acceptors (Lipinski definition) is 5. The second kappa shape index (κ2) is 10.6. The van der Waals surface area contributed by atoms with E-state index in [0.717, 1.165) is 5.56 Å². The Hall–Kier alpha value is -2.97. The Morgan fingerprint density at radius 2 is 1.78 bits per heavy atom. The molecule has 0 spiro atoms. The van der Waals surface area contributed by atoms with E-state index in [0.29, 0.717) is 34.4 Å². The Morgan fingerprint density at radius 1 is 1.12 bits per heavy atom. The van der Waals surface area contributed by atoms with Crippen LogP contribution in [0.25, 0.3) is 0 Å². The first-order valence-corrected chi connectivity index (χ1v) is 11.0. The van der Waals surface area contributed by atoms with Gasteiger partial charge in [0.1, 0.15) is 6.04 Å². The van der Waals surface area contributed by atoms with Gasteiger partial charge in [-0.3, -0.25) is 14.5 Å². The van der Waals surface area contributed by atoms with Crippen LogP contribution in [0.2, 0.25) is 5.02 Å². The minimum atomic E-state index is -0.668. The largest absolute Gasteiger partial charge is 0.462 e. The van der Waals surface area contributed by atoms with E-state index < -0.39 is 12.0 Å². The van der Waals surface area contributed by atoms with Gasteiger partial charge in [0.05, 0.1) is 18.6 Å². The zero-order chi connectivity index (χ0) is 23.3. The van der Waals surface area contributed by atoms with Gasteiger partial charge in [0.25, 0.3) is 5.91 Å². The van der Waals surface area contributed by atoms with Gasteiger partial charge in [-0.15, -0.1) is 0 Å². The van der Waals surface area contributed by atoms with Gasteiger partial charge in [-0.05, 0) is 67.5 Å². The lowest BCUT2D eigenvalue weighted by molar-refractivity contribution is -0.130. The van der Waals surface area contributed by atoms with E-state index in [1.165, 1.54) is 4.90 Å². The SMILES string of the molecule is CCOC(=O)c1ccc(NC(=O)CC2C(=O)N(C)C(=S)N2CCc2ccc(Cl)cc2)cc1. The Labute approximate surface area is 197 Å². The van der Waals surface area contributed by atoms with Crippen LogP contribution in [0.3, 0.4) is 0 Å². The van der Waals surface area contributed by atoms with Crippen molar-refractivity contribution in [1.82, 2.24) is 9.80 Å². The molecular formula is C23H24ClN3O4S. The quantitative estimate of drug-likeness (QED) is 0.467. The molecule has 1 aliphatic heterocycles. The fraction of sp³-hybridized carbons (Fsp3) is 0.304. The molecule has 1 fully saturated rings. The maximum absolute atomic E-state index is 12.7. The molecule has 0 aromatic heterocycles. The first kappa shape index (κ1) is 23.7. The molecule has 2 aromatic carbocycles. The topological polar surface area (TPSA) is 78.9 Å². The van der Waals surface area contributed by atoms with Crippen molar-refractivity contribution < 1.29 is 19.1 Å². The summed E-state index contributed by atoms with van der Waals surface area (Å²) in [4.78, 5) is 40.3. The van der Waals surface area contributed by atoms with Gasteiger partial charge < -0.3 is 15.0 Å². The van der Waals surface area contributed by atoms with Crippen LogP contribution in [0.4, 0.5) is 5.69 Å². The van der Waals surface area contributed by atoms with E-state index in [4.69, 9.17) is 28.6 Å². The normalized spacial score (nSPS) is 15.8. The number of carbonyl (C=O) groups excluding carboxylic acids is 3. The highest BCUT2D eigenvalue weighted by atomic mass is 35.5. The molecule has 7 nitrogen and oxygen atoms in total. The molecule has 0 radical (unpaired) electrons. The summed E-state index contributed by atoms with van der Waals surface area (Å²) in [6.07, 6.45) is 0.620. The highest BCUT2D eigenvalue weighted by Gasteiger charge is 2.41. The van der Waals surface area contributed by atoms with Crippen LogP contribution in [0.15, 0.2) is 48.5 Å². The van der Waals surface area contributed by atoms with E-state index >= 15 is 0 Å². The van der Waals surface area contributed by atoms with Crippen LogP contribution in [0.1, 0.15) is 29.3 Å². The summed E-state index contributed by atoms with van der Waals surface area (Å²) in [6, 6.07) is 13.2. The van der Waals surface area contributed by atoms with Gasteiger partial charge >= 0.3 is 5.97 Å². The number of thiocarbonyl (C=S) groups is 1. The number of nitrogens with zero attached hydrogens (tertiary/aromatic N) is 2. The van der Waals surface area contributed by atoms with Crippen LogP contribution >= 0.6 is 23.8 Å². The van der Waals surface area contributed by atoms with E-state index in [-0.39, 0.29) is 24.8 Å². The zero-order valence-corrected chi connectivity index (χ0v) is 19.4. The molecule has 1 aliphatic rings. The third-order valence-corrected chi connectivity index (χ3v) is 5.90. The lowest BCUT2D eigenvalue weighted by Gasteiger charge is -2.23. The van der Waals surface area contributed by atoms with Crippen LogP contribution < -0.4 is 5.32 Å². The molecule has 32 heavy (non-hydrogen) atoms. The monoisotopic (exact) mass is 473 g/mol. The minimum absolute atomic E-state index is 0.0381. The third-order valence-electron chi connectivity index (χ3n) is 5.14. The number of hydrogen-bond donors (Lipinski definition) is 1. The number of carbonyl (C=O) groups is 3. The minimum Gasteiger partial charge on any atom is -0.462 e. The lowest BCUT2D eigenvalue weighted by atomic mass is 10.1. The van der Waals surface area contributed by atoms with Crippen molar-refractivity contribution >= 4 is 52.4 Å². The molecule has 2 aromatic rings. The lowest BCUT2D eigenvalue weighted by Crippen LogP contribution is -2.39. The van der Waals surface area contributed by atoms with Gasteiger partial charge in [-0.2, -0.15) is 0 Å². The summed E-state index contributed by atoms with van der Waals surface area (Å²) in [5, 5.41) is 3.83. The maximum Gasteiger partial charge on any atom is 0.338 e. The average molecular weight is 474 g/mol. The van der Waals surface area contributed by atoms with Crippen molar-refractivity contribution in [1.29, 1.82) is 0 Å². The second-order valence-corrected chi connectivity index (χ2v) is 8.12. The summed E-state index contributed by atoms with van der Waals surface area (Å²) in [6.45, 7) is 2.53. The van der Waals surface area contributed by atoms with Gasteiger partial charge in [0, 0.05) is 24.3 Å². The number of halogens is 1. The average Bonchev–Trinajstić information content (AvgIpc) is 2.97. The van der Waals surface area contributed by atoms with Crippen LogP contribution in [-0.2, 0) is 20.7 Å². The number of amides is 2. The van der Waals surface area contributed by atoms with Crippen molar-refractivity contribution in [3.8, 4) is 0 Å². The van der Waals surface area contributed by atoms with Gasteiger partial charge in [-0.25, -0.2) is 4.79 Å². The molecule has 1 heterocycles. The molecule has 0 saturated carbocycles. The number of benzene rings is 2. The Bertz CT molecular complexity index is 1010. The molecule has 168 valence electrons. The Balaban J connectivity index is 1.63. The molecule has 0 bridgehead atoms. The molecule has 1 atom stereocenters. The molecule has 1 N–H and O–H groups in total. The second-order valence-electron chi connectivity index (χ2n) is 7.32. The first-order valence-electron chi connectivity index (χ1n) is 10.2. The zero-order valence-electron chi connectivity index (χ0n) is 17.8. The van der Waals surface area contributed by atoms with E-state index in [1.807, 2.05) is 24.3 Å². The first-order chi connectivity index (χ1) is 15.3. The number of nitrogens with one attached hydrogen (secondary N) is 1. The number of anilines is 1. The molecule has 2 amide bonds. The van der Waals surface area contributed by atoms with Crippen molar-refractivity contribution in [3.05, 3.63) is 64.7 Å². The van der Waals surface area contributed by atoms with Crippen molar-refractivity contribution in [2.75, 3.05) is 25.5 Å². The number of esters is 1. The number of likely N-dealkylation sites (N-methyl/N-ethyl adjacent to an activating group) is 1. The fourth-order valence-corrected chi connectivity index (χ4v) is 3.85. The molecule has 3 rings (SSSR count). The van der Waals surface area contributed by atoms with E-state index in [2.05, 4.69) is 5.32 Å². The molecule has 1 saturated heterocycles. The van der Waals surface area contributed by atoms with Gasteiger partial charge in [0.15, 0.2) is 5.11 Å². The van der Waals surface area contributed by atoms with Crippen molar-refractivity contribution in [3.63, 3.8) is 0 Å². The fourth-order valence-electron chi connectivity index (χ4n) is 3.42. The van der Waals surface area contributed by atoms with E-state index in [9.17, 15) is 14.4 Å². The molecular weight excluding hydrogens is 450 g/mol. The van der Waals surface area contributed by atoms with E-state index in [1.54, 1.807) is 43.1 Å². The van der Waals surface area contributed by atoms with Crippen LogP contribution in [0.5, 0.6) is 0 Å². The summed E-state index contributed by atoms with van der Waals surface area (Å²) in [5.41, 5.74) is 1.98. The highest BCUT2D eigenvalue weighted by molar-refractivity contribution is 7.80. The highest BCUT2D eigenvalue weighted by Crippen LogP contribution is 2.21. The van der Waals surface area contributed by atoms with Crippen LogP contribution in [0, 0.1) is 0 Å². The summed E-state index contributed by atoms with van der Waals surface area (Å²) in [7, 11) is 1.62. The predicted octanol–water partition coefficient (Wildman–Crippen LogP) is 3.52. The summed E-state index contributed by atoms with van der Waals surface area (Å²) < 4.78 is 4.95. The van der Waals surface area contributed by atoms with Gasteiger partial charge in [0.2, 0.25) is 5.91 Å². The summed E-state index contributed by atoms with van der Waals surface area (Å²) >= 11 is 11.4. The maximum atomic E-state index is 12.7. The number of ether oxygens (including phenoxy) is 1. The van der Waals surface area contributed by atoms with Crippen molar-refractivity contribution in [2.45, 2.75) is 25.8 Å². The smallest absolute Gasteiger partial charge is 0.338 e. The summed E-state index contributed by atoms with van der Waals surface area (Å²) in [5.74, 6) is -0.949. The number of rotatable bonds is 8.